The lowest BCUT2D eigenvalue weighted by Crippen LogP contribution is -2.18. The van der Waals surface area contributed by atoms with Gasteiger partial charge in [0.2, 0.25) is 0 Å². The average molecular weight is 255 g/mol. The van der Waals surface area contributed by atoms with Crippen LogP contribution in [0, 0.1) is 0 Å². The van der Waals surface area contributed by atoms with Crippen molar-refractivity contribution in [2.45, 2.75) is 20.3 Å². The molecule has 92 valence electrons. The Hall–Kier alpha value is -1.55. The van der Waals surface area contributed by atoms with E-state index in [1.54, 1.807) is 31.2 Å². The minimum atomic E-state index is -0.392. The number of benzene rings is 1. The average Bonchev–Trinajstić information content (AvgIpc) is 2.32. The smallest absolute Gasteiger partial charge is 0.354 e. The van der Waals surface area contributed by atoms with Crippen LogP contribution >= 0.6 is 11.6 Å². The summed E-state index contributed by atoms with van der Waals surface area (Å²) in [6.45, 7) is 3.95. The Morgan fingerprint density at radius 3 is 2.53 bits per heavy atom. The maximum absolute atomic E-state index is 11.4. The second kappa shape index (κ2) is 6.91. The van der Waals surface area contributed by atoms with Crippen molar-refractivity contribution in [3.8, 4) is 0 Å². The van der Waals surface area contributed by atoms with Gasteiger partial charge in [-0.05, 0) is 37.6 Å². The number of esters is 1. The third-order valence-corrected chi connectivity index (χ3v) is 2.26. The summed E-state index contributed by atoms with van der Waals surface area (Å²) >= 11 is 5.76. The predicted molar refractivity (Wildman–Crippen MR) is 69.4 cm³/mol. The molecule has 0 spiro atoms. The zero-order chi connectivity index (χ0) is 12.7. The minimum Gasteiger partial charge on any atom is -0.461 e. The van der Waals surface area contributed by atoms with E-state index in [-0.39, 0.29) is 0 Å². The van der Waals surface area contributed by atoms with Crippen LogP contribution in [-0.4, -0.2) is 18.3 Å². The topological polar surface area (TPSA) is 50.7 Å². The van der Waals surface area contributed by atoms with Crippen LogP contribution in [0.3, 0.4) is 0 Å². The molecular formula is C12H15ClN2O2. The van der Waals surface area contributed by atoms with Gasteiger partial charge in [0.15, 0.2) is 0 Å². The Morgan fingerprint density at radius 1 is 1.35 bits per heavy atom. The van der Waals surface area contributed by atoms with Crippen LogP contribution in [0.5, 0.6) is 0 Å². The molecule has 0 saturated heterocycles. The highest BCUT2D eigenvalue weighted by molar-refractivity contribution is 6.36. The van der Waals surface area contributed by atoms with E-state index in [1.807, 2.05) is 6.92 Å². The SMILES string of the molecule is CCOC(=O)C(CC)=NNc1ccc(Cl)cc1. The van der Waals surface area contributed by atoms with Crippen LogP contribution < -0.4 is 5.43 Å². The number of anilines is 1. The van der Waals surface area contributed by atoms with Gasteiger partial charge in [-0.25, -0.2) is 4.79 Å². The zero-order valence-corrected chi connectivity index (χ0v) is 10.6. The van der Waals surface area contributed by atoms with E-state index in [0.29, 0.717) is 23.8 Å². The van der Waals surface area contributed by atoms with Crippen LogP contribution in [0.4, 0.5) is 5.69 Å². The summed E-state index contributed by atoms with van der Waals surface area (Å²) < 4.78 is 4.87. The lowest BCUT2D eigenvalue weighted by atomic mass is 10.3. The fourth-order valence-electron chi connectivity index (χ4n) is 1.14. The normalized spacial score (nSPS) is 11.1. The summed E-state index contributed by atoms with van der Waals surface area (Å²) in [6, 6.07) is 7.05. The number of nitrogens with one attached hydrogen (secondary N) is 1. The molecule has 1 aromatic carbocycles. The Labute approximate surface area is 106 Å². The molecule has 17 heavy (non-hydrogen) atoms. The standard InChI is InChI=1S/C12H15ClN2O2/c1-3-11(12(16)17-4-2)15-14-10-7-5-9(13)6-8-10/h5-8,14H,3-4H2,1-2H3. The Morgan fingerprint density at radius 2 is 2.00 bits per heavy atom. The Balaban J connectivity index is 2.67. The third kappa shape index (κ3) is 4.44. The Kier molecular flexibility index (Phi) is 5.49. The number of nitrogens with zero attached hydrogens (tertiary/aromatic N) is 1. The molecule has 0 saturated carbocycles. The number of carbonyl (C=O) groups excluding carboxylic acids is 1. The molecule has 0 amide bonds. The molecule has 0 fully saturated rings. The largest absolute Gasteiger partial charge is 0.461 e. The molecule has 0 radical (unpaired) electrons. The molecule has 0 heterocycles. The van der Waals surface area contributed by atoms with E-state index < -0.39 is 5.97 Å². The van der Waals surface area contributed by atoms with Crippen molar-refractivity contribution in [1.82, 2.24) is 0 Å². The Bertz CT molecular complexity index is 401. The van der Waals surface area contributed by atoms with Crippen LogP contribution in [0.1, 0.15) is 20.3 Å². The fourth-order valence-corrected chi connectivity index (χ4v) is 1.27. The van der Waals surface area contributed by atoms with Gasteiger partial charge < -0.3 is 4.74 Å². The van der Waals surface area contributed by atoms with Crippen molar-refractivity contribution < 1.29 is 9.53 Å². The van der Waals surface area contributed by atoms with Gasteiger partial charge in [0.05, 0.1) is 12.3 Å². The second-order valence-corrected chi connectivity index (χ2v) is 3.69. The van der Waals surface area contributed by atoms with E-state index in [1.165, 1.54) is 0 Å². The number of hydrogen-bond donors (Lipinski definition) is 1. The summed E-state index contributed by atoms with van der Waals surface area (Å²) in [5, 5.41) is 4.66. The van der Waals surface area contributed by atoms with Gasteiger partial charge in [-0.2, -0.15) is 5.10 Å². The van der Waals surface area contributed by atoms with Crippen LogP contribution in [-0.2, 0) is 9.53 Å². The van der Waals surface area contributed by atoms with Gasteiger partial charge in [-0.3, -0.25) is 5.43 Å². The van der Waals surface area contributed by atoms with E-state index >= 15 is 0 Å². The molecule has 1 rings (SSSR count). The molecule has 4 nitrogen and oxygen atoms in total. The molecule has 0 unspecified atom stereocenters. The fraction of sp³-hybridized carbons (Fsp3) is 0.333. The predicted octanol–water partition coefficient (Wildman–Crippen LogP) is 3.08. The molecule has 0 bridgehead atoms. The highest BCUT2D eigenvalue weighted by atomic mass is 35.5. The minimum absolute atomic E-state index is 0.346. The van der Waals surface area contributed by atoms with Gasteiger partial charge in [0, 0.05) is 5.02 Å². The number of halogens is 1. The zero-order valence-electron chi connectivity index (χ0n) is 9.87. The second-order valence-electron chi connectivity index (χ2n) is 3.25. The number of carbonyl (C=O) groups is 1. The third-order valence-electron chi connectivity index (χ3n) is 2.01. The highest BCUT2D eigenvalue weighted by Gasteiger charge is 2.09. The van der Waals surface area contributed by atoms with Crippen LogP contribution in [0.25, 0.3) is 0 Å². The van der Waals surface area contributed by atoms with Gasteiger partial charge in [-0.15, -0.1) is 0 Å². The first kappa shape index (κ1) is 13.5. The monoisotopic (exact) mass is 254 g/mol. The molecular weight excluding hydrogens is 240 g/mol. The van der Waals surface area contributed by atoms with E-state index in [0.717, 1.165) is 5.69 Å². The van der Waals surface area contributed by atoms with Crippen LogP contribution in [0.2, 0.25) is 5.02 Å². The molecule has 0 aliphatic rings. The quantitative estimate of drug-likeness (QED) is 0.499. The molecule has 0 atom stereocenters. The number of ether oxygens (including phenoxy) is 1. The molecule has 0 aliphatic carbocycles. The van der Waals surface area contributed by atoms with Crippen molar-refractivity contribution in [1.29, 1.82) is 0 Å². The summed E-state index contributed by atoms with van der Waals surface area (Å²) in [6.07, 6.45) is 0.513. The first-order chi connectivity index (χ1) is 8.17. The molecule has 5 heteroatoms. The number of rotatable bonds is 5. The molecule has 1 N–H and O–H groups in total. The summed E-state index contributed by atoms with van der Waals surface area (Å²) in [7, 11) is 0. The number of hydrazone groups is 1. The molecule has 0 aliphatic heterocycles. The maximum Gasteiger partial charge on any atom is 0.354 e. The first-order valence-corrected chi connectivity index (χ1v) is 5.80. The number of hydrogen-bond acceptors (Lipinski definition) is 4. The molecule has 0 aromatic heterocycles. The summed E-state index contributed by atoms with van der Waals surface area (Å²) in [5.41, 5.74) is 3.92. The van der Waals surface area contributed by atoms with E-state index in [9.17, 15) is 4.79 Å². The van der Waals surface area contributed by atoms with E-state index in [2.05, 4.69) is 10.5 Å². The lowest BCUT2D eigenvalue weighted by Gasteiger charge is -2.05. The van der Waals surface area contributed by atoms with Gasteiger partial charge in [0.1, 0.15) is 5.71 Å². The van der Waals surface area contributed by atoms with Crippen molar-refractivity contribution >= 4 is 29.0 Å². The van der Waals surface area contributed by atoms with E-state index in [4.69, 9.17) is 16.3 Å². The summed E-state index contributed by atoms with van der Waals surface area (Å²) in [5.74, 6) is -0.392. The maximum atomic E-state index is 11.4. The van der Waals surface area contributed by atoms with Crippen molar-refractivity contribution in [3.63, 3.8) is 0 Å². The molecule has 1 aromatic rings. The van der Waals surface area contributed by atoms with Crippen molar-refractivity contribution in [2.24, 2.45) is 5.10 Å². The van der Waals surface area contributed by atoms with Crippen molar-refractivity contribution in [3.05, 3.63) is 29.3 Å². The van der Waals surface area contributed by atoms with Gasteiger partial charge >= 0.3 is 5.97 Å². The summed E-state index contributed by atoms with van der Waals surface area (Å²) in [4.78, 5) is 11.4. The highest BCUT2D eigenvalue weighted by Crippen LogP contribution is 2.13. The van der Waals surface area contributed by atoms with Crippen molar-refractivity contribution in [2.75, 3.05) is 12.0 Å². The van der Waals surface area contributed by atoms with Gasteiger partial charge in [-0.1, -0.05) is 18.5 Å². The first-order valence-electron chi connectivity index (χ1n) is 5.42. The van der Waals surface area contributed by atoms with Crippen LogP contribution in [0.15, 0.2) is 29.4 Å². The lowest BCUT2D eigenvalue weighted by molar-refractivity contribution is -0.135. The van der Waals surface area contributed by atoms with Gasteiger partial charge in [0.25, 0.3) is 0 Å².